The zero-order valence-corrected chi connectivity index (χ0v) is 37.4. The molecule has 0 N–H and O–H groups in total. The van der Waals surface area contributed by atoms with Crippen molar-refractivity contribution < 1.29 is 49.0 Å². The van der Waals surface area contributed by atoms with Crippen molar-refractivity contribution in [1.82, 2.24) is 0 Å². The summed E-state index contributed by atoms with van der Waals surface area (Å²) in [6, 6.07) is 19.3. The number of hydrogen-bond acceptors (Lipinski definition) is 0. The van der Waals surface area contributed by atoms with Crippen LogP contribution in [0, 0.1) is 33.8 Å². The normalized spacial score (nSPS) is 12.2. The van der Waals surface area contributed by atoms with Crippen molar-refractivity contribution in [2.45, 2.75) is 86.5 Å². The van der Waals surface area contributed by atoms with Crippen molar-refractivity contribution in [3.63, 3.8) is 0 Å². The number of benzene rings is 4. The van der Waals surface area contributed by atoms with Gasteiger partial charge >= 0.3 is 154 Å². The van der Waals surface area contributed by atoms with Crippen LogP contribution >= 0.6 is 46.4 Å². The summed E-state index contributed by atoms with van der Waals surface area (Å²) in [5.41, 5.74) is 10.2. The predicted octanol–water partition coefficient (Wildman–Crippen LogP) is 8.27. The fourth-order valence-corrected chi connectivity index (χ4v) is 8.51. The fourth-order valence-electron chi connectivity index (χ4n) is 6.25. The molecule has 6 rings (SSSR count). The Morgan fingerprint density at radius 3 is 1.34 bits per heavy atom. The van der Waals surface area contributed by atoms with Crippen LogP contribution in [0.2, 0.25) is 20.1 Å². The van der Waals surface area contributed by atoms with Crippen molar-refractivity contribution in [3.05, 3.63) is 143 Å². The summed E-state index contributed by atoms with van der Waals surface area (Å²) in [6.45, 7) is 22.3. The van der Waals surface area contributed by atoms with E-state index >= 15 is 0 Å². The summed E-state index contributed by atoms with van der Waals surface area (Å²) in [5, 5.41) is 8.13. The van der Waals surface area contributed by atoms with Gasteiger partial charge in [-0.2, -0.15) is 6.08 Å². The molecule has 0 spiro atoms. The molecule has 0 saturated heterocycles. The predicted molar refractivity (Wildman–Crippen MR) is 211 cm³/mol. The van der Waals surface area contributed by atoms with Crippen molar-refractivity contribution >= 4 is 71.2 Å². The molecule has 0 aromatic heterocycles. The van der Waals surface area contributed by atoms with Gasteiger partial charge in [-0.15, -0.1) is 46.2 Å². The van der Waals surface area contributed by atoms with Gasteiger partial charge in [0.05, 0.1) is 0 Å². The number of rotatable bonds is 2. The Bertz CT molecular complexity index is 1920. The molecule has 5 aromatic rings. The van der Waals surface area contributed by atoms with Crippen LogP contribution in [0.1, 0.15) is 92.5 Å². The molecule has 0 bridgehead atoms. The van der Waals surface area contributed by atoms with Gasteiger partial charge in [0.15, 0.2) is 0 Å². The monoisotopic (exact) mass is 860 g/mol. The van der Waals surface area contributed by atoms with Gasteiger partial charge in [-0.25, -0.2) is 12.2 Å². The smallest absolute Gasteiger partial charge is 0.0142 e. The van der Waals surface area contributed by atoms with E-state index in [1.54, 1.807) is 12.1 Å². The molecule has 0 saturated carbocycles. The molecule has 0 amide bonds. The number of allylic oxidation sites excluding steroid dienone is 4. The molecule has 0 unspecified atom stereocenters. The quantitative estimate of drug-likeness (QED) is 0.157. The maximum absolute atomic E-state index is 6.21. The van der Waals surface area contributed by atoms with Crippen molar-refractivity contribution in [3.8, 4) is 0 Å². The molecule has 264 valence electrons. The van der Waals surface area contributed by atoms with E-state index in [0.717, 1.165) is 31.9 Å². The van der Waals surface area contributed by atoms with Gasteiger partial charge < -0.3 is 24.8 Å². The number of aryl methyl sites for hydroxylation is 2. The molecule has 1 aliphatic rings. The zero-order chi connectivity index (χ0) is 35.7. The average Bonchev–Trinajstić information content (AvgIpc) is 3.66. The van der Waals surface area contributed by atoms with Gasteiger partial charge in [0.2, 0.25) is 0 Å². The Kier molecular flexibility index (Phi) is 16.3. The van der Waals surface area contributed by atoms with Crippen molar-refractivity contribution in [1.29, 1.82) is 0 Å². The second kappa shape index (κ2) is 18.2. The summed E-state index contributed by atoms with van der Waals surface area (Å²) in [5.74, 6) is 0. The third kappa shape index (κ3) is 10.7. The van der Waals surface area contributed by atoms with Gasteiger partial charge in [-0.3, -0.25) is 6.08 Å². The van der Waals surface area contributed by atoms with Crippen LogP contribution in [-0.2, 0) is 35.1 Å². The van der Waals surface area contributed by atoms with Crippen molar-refractivity contribution in [2.75, 3.05) is 0 Å². The van der Waals surface area contributed by atoms with Crippen LogP contribution < -0.4 is 24.8 Å². The van der Waals surface area contributed by atoms with E-state index in [1.165, 1.54) is 68.0 Å². The number of halogens is 6. The Labute approximate surface area is 347 Å². The first-order valence-corrected chi connectivity index (χ1v) is 18.9. The van der Waals surface area contributed by atoms with Crippen LogP contribution in [0.15, 0.2) is 72.8 Å². The minimum absolute atomic E-state index is 0. The minimum atomic E-state index is 0. The summed E-state index contributed by atoms with van der Waals surface area (Å²) < 4.78 is 1.14. The Morgan fingerprint density at radius 2 is 1.04 bits per heavy atom. The molecule has 0 atom stereocenters. The standard InChI is InChI=1S/C23H29.C15H10Cl4.C5H5.2ClH.Zr/c1-14-9-16-11-17-10-15(2)21(23(6,7)8)13-19(17)18(16)12-20(14)22(3,4)5;1-8-10(4-12(16)6-14(8)18)3-11-5-13(17)7-15(19)9(11)2;1-2-4-5-3-1;;;/h9-13H,1-8H3;4-7H,1-2H3;1-3H,4H2;2*1H;/q-1;;-1;;;+2/p-2. The zero-order valence-electron chi connectivity index (χ0n) is 30.4. The van der Waals surface area contributed by atoms with Crippen LogP contribution in [0.4, 0.5) is 0 Å². The van der Waals surface area contributed by atoms with E-state index in [-0.39, 0.29) is 35.6 Å². The molecule has 0 radical (unpaired) electrons. The van der Waals surface area contributed by atoms with Gasteiger partial charge in [-0.05, 0) is 24.7 Å². The van der Waals surface area contributed by atoms with E-state index in [9.17, 15) is 0 Å². The summed E-state index contributed by atoms with van der Waals surface area (Å²) >= 11 is 25.9. The van der Waals surface area contributed by atoms with Crippen LogP contribution in [-0.4, -0.2) is 3.21 Å². The molecule has 50 heavy (non-hydrogen) atoms. The first-order valence-electron chi connectivity index (χ1n) is 16.2. The maximum atomic E-state index is 6.21. The molecule has 0 fully saturated rings. The van der Waals surface area contributed by atoms with Crippen LogP contribution in [0.5, 0.6) is 0 Å². The summed E-state index contributed by atoms with van der Waals surface area (Å²) in [7, 11) is 0. The van der Waals surface area contributed by atoms with E-state index < -0.39 is 0 Å². The van der Waals surface area contributed by atoms with Gasteiger partial charge in [0.1, 0.15) is 0 Å². The van der Waals surface area contributed by atoms with E-state index in [1.807, 2.05) is 38.1 Å². The maximum Gasteiger partial charge on any atom is -0.0142 e. The number of fused-ring (bicyclic) bond motifs is 3. The molecule has 1 aliphatic carbocycles. The van der Waals surface area contributed by atoms with Crippen molar-refractivity contribution in [2.24, 2.45) is 0 Å². The second-order valence-corrected chi connectivity index (χ2v) is 17.6. The minimum Gasteiger partial charge on any atom is -1.00 e. The van der Waals surface area contributed by atoms with E-state index in [2.05, 4.69) is 97.9 Å². The van der Waals surface area contributed by atoms with Gasteiger partial charge in [0, 0.05) is 0 Å². The SMILES string of the molecule is Cc1c(Cl)cc(Cl)cc1[C](=[Zr+2])c1cc(Cl)cc(Cl)c1C.Cc1cc2[cH-]c3cc(C)c(C(C)(C)C)cc3c2cc1C(C)(C)C.[C-]1=CC=CC1.[Cl-].[Cl-]. The molecule has 0 nitrogen and oxygen atoms in total. The molecule has 7 heteroatoms. The average molecular weight is 865 g/mol. The topological polar surface area (TPSA) is 0 Å². The Balaban J connectivity index is 0.000000295. The Hall–Kier alpha value is -1.28. The third-order valence-electron chi connectivity index (χ3n) is 8.75. The first-order chi connectivity index (χ1) is 22.3. The molecular formula is C43H44Cl6Zr-2. The Morgan fingerprint density at radius 1 is 0.640 bits per heavy atom. The second-order valence-electron chi connectivity index (χ2n) is 14.7. The third-order valence-corrected chi connectivity index (χ3v) is 11.3. The van der Waals surface area contributed by atoms with E-state index in [0.29, 0.717) is 20.1 Å². The largest absolute Gasteiger partial charge is 1.00 e. The number of hydrogen-bond donors (Lipinski definition) is 0. The van der Waals surface area contributed by atoms with Crippen LogP contribution in [0.3, 0.4) is 0 Å². The van der Waals surface area contributed by atoms with E-state index in [4.69, 9.17) is 46.4 Å². The van der Waals surface area contributed by atoms with Gasteiger partial charge in [-0.1, -0.05) is 75.9 Å². The van der Waals surface area contributed by atoms with Crippen LogP contribution in [0.25, 0.3) is 21.5 Å². The van der Waals surface area contributed by atoms with Gasteiger partial charge in [0.25, 0.3) is 0 Å². The molecular weight excluding hydrogens is 820 g/mol. The fraction of sp³-hybridized carbons (Fsp3) is 0.302. The molecule has 0 aliphatic heterocycles. The summed E-state index contributed by atoms with van der Waals surface area (Å²) in [6.07, 6.45) is 10.0. The first kappa shape index (κ1) is 44.9. The molecule has 0 heterocycles. The molecule has 5 aromatic carbocycles. The summed E-state index contributed by atoms with van der Waals surface area (Å²) in [4.78, 5) is 0.